The molecule has 0 aliphatic rings. The Bertz CT molecular complexity index is 1220. The van der Waals surface area contributed by atoms with Crippen LogP contribution in [0.15, 0.2) is 36.4 Å². The standard InChI is InChI=1S/C24H23F3N4O2/c1-4-6-16(5-2)29-24(32)21-22(27)31(17-9-10-20(33-3)19(26)12-17)23(30-21)14-7-8-15(13-28)18(25)11-14/h7-12,16H,4-6H2,1-3H3,(H,29,32). The Hall–Kier alpha value is -3.80. The minimum atomic E-state index is -1.02. The van der Waals surface area contributed by atoms with Gasteiger partial charge in [0.05, 0.1) is 18.4 Å². The van der Waals surface area contributed by atoms with Gasteiger partial charge in [-0.25, -0.2) is 13.8 Å². The fourth-order valence-electron chi connectivity index (χ4n) is 3.49. The molecule has 0 fully saturated rings. The highest BCUT2D eigenvalue weighted by atomic mass is 19.1. The van der Waals surface area contributed by atoms with E-state index in [1.165, 1.54) is 31.4 Å². The van der Waals surface area contributed by atoms with Gasteiger partial charge in [0, 0.05) is 17.7 Å². The van der Waals surface area contributed by atoms with Crippen molar-refractivity contribution in [1.82, 2.24) is 14.9 Å². The molecule has 0 saturated heterocycles. The maximum Gasteiger partial charge on any atom is 0.274 e. The molecule has 0 spiro atoms. The zero-order valence-electron chi connectivity index (χ0n) is 18.5. The topological polar surface area (TPSA) is 79.9 Å². The summed E-state index contributed by atoms with van der Waals surface area (Å²) >= 11 is 0. The number of aromatic nitrogens is 2. The molecule has 3 rings (SSSR count). The van der Waals surface area contributed by atoms with Crippen LogP contribution in [0.3, 0.4) is 0 Å². The van der Waals surface area contributed by atoms with Crippen LogP contribution in [0.25, 0.3) is 17.1 Å². The number of hydrogen-bond donors (Lipinski definition) is 1. The third kappa shape index (κ3) is 4.85. The first-order chi connectivity index (χ1) is 15.8. The van der Waals surface area contributed by atoms with E-state index in [0.717, 1.165) is 23.1 Å². The van der Waals surface area contributed by atoms with Crippen LogP contribution in [-0.2, 0) is 0 Å². The summed E-state index contributed by atoms with van der Waals surface area (Å²) in [6.07, 6.45) is 2.19. The maximum absolute atomic E-state index is 15.6. The second-order valence-electron chi connectivity index (χ2n) is 7.40. The zero-order valence-corrected chi connectivity index (χ0v) is 18.5. The summed E-state index contributed by atoms with van der Waals surface area (Å²) < 4.78 is 50.1. The van der Waals surface area contributed by atoms with Gasteiger partial charge in [0.1, 0.15) is 17.7 Å². The highest BCUT2D eigenvalue weighted by molar-refractivity contribution is 5.93. The Morgan fingerprint density at radius 2 is 1.94 bits per heavy atom. The highest BCUT2D eigenvalue weighted by Gasteiger charge is 2.26. The molecule has 0 bridgehead atoms. The number of ether oxygens (including phenoxy) is 1. The van der Waals surface area contributed by atoms with Gasteiger partial charge in [0.15, 0.2) is 17.3 Å². The minimum Gasteiger partial charge on any atom is -0.494 e. The number of nitriles is 1. The summed E-state index contributed by atoms with van der Waals surface area (Å²) in [5.74, 6) is -3.49. The molecule has 1 unspecified atom stereocenters. The third-order valence-electron chi connectivity index (χ3n) is 5.24. The van der Waals surface area contributed by atoms with Crippen molar-refractivity contribution in [3.63, 3.8) is 0 Å². The first-order valence-corrected chi connectivity index (χ1v) is 10.5. The van der Waals surface area contributed by atoms with Crippen LogP contribution in [0, 0.1) is 28.9 Å². The molecule has 0 aliphatic heterocycles. The van der Waals surface area contributed by atoms with Crippen LogP contribution in [0.1, 0.15) is 49.2 Å². The van der Waals surface area contributed by atoms with Gasteiger partial charge in [-0.1, -0.05) is 20.3 Å². The summed E-state index contributed by atoms with van der Waals surface area (Å²) in [7, 11) is 1.30. The number of amides is 1. The van der Waals surface area contributed by atoms with E-state index in [2.05, 4.69) is 10.3 Å². The fourth-order valence-corrected chi connectivity index (χ4v) is 3.49. The van der Waals surface area contributed by atoms with Gasteiger partial charge >= 0.3 is 0 Å². The van der Waals surface area contributed by atoms with E-state index in [9.17, 15) is 13.6 Å². The highest BCUT2D eigenvalue weighted by Crippen LogP contribution is 2.29. The number of benzene rings is 2. The summed E-state index contributed by atoms with van der Waals surface area (Å²) in [4.78, 5) is 17.0. The fraction of sp³-hybridized carbons (Fsp3) is 0.292. The van der Waals surface area contributed by atoms with E-state index in [4.69, 9.17) is 10.00 Å². The molecule has 0 radical (unpaired) electrons. The van der Waals surface area contributed by atoms with Crippen LogP contribution in [0.5, 0.6) is 5.75 Å². The molecule has 1 aromatic heterocycles. The van der Waals surface area contributed by atoms with E-state index < -0.39 is 29.2 Å². The van der Waals surface area contributed by atoms with Gasteiger partial charge in [-0.05, 0) is 43.2 Å². The van der Waals surface area contributed by atoms with Crippen molar-refractivity contribution < 1.29 is 22.7 Å². The molecule has 1 heterocycles. The van der Waals surface area contributed by atoms with Crippen molar-refractivity contribution in [3.8, 4) is 28.9 Å². The molecule has 0 aliphatic carbocycles. The number of methoxy groups -OCH3 is 1. The molecule has 172 valence electrons. The van der Waals surface area contributed by atoms with Gasteiger partial charge in [-0.3, -0.25) is 9.36 Å². The Kier molecular flexibility index (Phi) is 7.38. The molecule has 33 heavy (non-hydrogen) atoms. The largest absolute Gasteiger partial charge is 0.494 e. The first kappa shape index (κ1) is 23.9. The number of nitrogens with zero attached hydrogens (tertiary/aromatic N) is 3. The molecule has 6 nitrogen and oxygen atoms in total. The van der Waals surface area contributed by atoms with Crippen molar-refractivity contribution in [2.45, 2.75) is 39.2 Å². The summed E-state index contributed by atoms with van der Waals surface area (Å²) in [6, 6.07) is 8.90. The van der Waals surface area contributed by atoms with E-state index in [0.29, 0.717) is 12.8 Å². The monoisotopic (exact) mass is 456 g/mol. The average molecular weight is 456 g/mol. The van der Waals surface area contributed by atoms with Crippen molar-refractivity contribution in [3.05, 3.63) is 65.2 Å². The third-order valence-corrected chi connectivity index (χ3v) is 5.24. The maximum atomic E-state index is 15.6. The summed E-state index contributed by atoms with van der Waals surface area (Å²) in [5, 5.41) is 11.7. The number of nitrogens with one attached hydrogen (secondary N) is 1. The molecule has 9 heteroatoms. The first-order valence-electron chi connectivity index (χ1n) is 10.5. The molecule has 1 N–H and O–H groups in total. The van der Waals surface area contributed by atoms with E-state index in [1.807, 2.05) is 13.8 Å². The number of carbonyl (C=O) groups excluding carboxylic acids is 1. The number of hydrogen-bond acceptors (Lipinski definition) is 4. The Morgan fingerprint density at radius 3 is 2.52 bits per heavy atom. The predicted molar refractivity (Wildman–Crippen MR) is 117 cm³/mol. The minimum absolute atomic E-state index is 0.0257. The lowest BCUT2D eigenvalue weighted by atomic mass is 10.1. The van der Waals surface area contributed by atoms with Crippen LogP contribution in [0.4, 0.5) is 13.2 Å². The Balaban J connectivity index is 2.17. The number of imidazole rings is 1. The van der Waals surface area contributed by atoms with Gasteiger partial charge < -0.3 is 10.1 Å². The van der Waals surface area contributed by atoms with Crippen molar-refractivity contribution >= 4 is 5.91 Å². The molecule has 1 atom stereocenters. The van der Waals surface area contributed by atoms with E-state index >= 15 is 4.39 Å². The quantitative estimate of drug-likeness (QED) is 0.509. The molecule has 2 aromatic carbocycles. The lowest BCUT2D eigenvalue weighted by Crippen LogP contribution is -2.35. The lowest BCUT2D eigenvalue weighted by Gasteiger charge is -2.15. The Labute approximate surface area is 189 Å². The second kappa shape index (κ2) is 10.2. The summed E-state index contributed by atoms with van der Waals surface area (Å²) in [5.41, 5.74) is -0.560. The van der Waals surface area contributed by atoms with Crippen LogP contribution < -0.4 is 10.1 Å². The van der Waals surface area contributed by atoms with E-state index in [1.54, 1.807) is 6.07 Å². The van der Waals surface area contributed by atoms with Gasteiger partial charge in [-0.15, -0.1) is 0 Å². The normalized spacial score (nSPS) is 11.7. The predicted octanol–water partition coefficient (Wildman–Crippen LogP) is 5.15. The van der Waals surface area contributed by atoms with Gasteiger partial charge in [0.2, 0.25) is 5.95 Å². The SMILES string of the molecule is CCCC(CC)NC(=O)c1nc(-c2ccc(C#N)c(F)c2)n(-c2ccc(OC)c(F)c2)c1F. The smallest absolute Gasteiger partial charge is 0.274 e. The van der Waals surface area contributed by atoms with Crippen LogP contribution in [-0.4, -0.2) is 28.6 Å². The Morgan fingerprint density at radius 1 is 1.18 bits per heavy atom. The van der Waals surface area contributed by atoms with Crippen LogP contribution >= 0.6 is 0 Å². The second-order valence-corrected chi connectivity index (χ2v) is 7.40. The summed E-state index contributed by atoms with van der Waals surface area (Å²) in [6.45, 7) is 3.88. The van der Waals surface area contributed by atoms with Gasteiger partial charge in [0.25, 0.3) is 5.91 Å². The molecule has 0 saturated carbocycles. The van der Waals surface area contributed by atoms with E-state index in [-0.39, 0.29) is 34.4 Å². The molecule has 1 amide bonds. The number of carbonyl (C=O) groups is 1. The number of halogens is 3. The molecular formula is C24H23F3N4O2. The van der Waals surface area contributed by atoms with Crippen molar-refractivity contribution in [2.24, 2.45) is 0 Å². The van der Waals surface area contributed by atoms with Crippen LogP contribution in [0.2, 0.25) is 0 Å². The zero-order chi connectivity index (χ0) is 24.1. The molecule has 3 aromatic rings. The lowest BCUT2D eigenvalue weighted by molar-refractivity contribution is 0.0924. The average Bonchev–Trinajstić information content (AvgIpc) is 3.15. The van der Waals surface area contributed by atoms with Gasteiger partial charge in [-0.2, -0.15) is 9.65 Å². The van der Waals surface area contributed by atoms with Crippen molar-refractivity contribution in [2.75, 3.05) is 7.11 Å². The van der Waals surface area contributed by atoms with Crippen molar-refractivity contribution in [1.29, 1.82) is 5.26 Å². The molecular weight excluding hydrogens is 433 g/mol. The number of rotatable bonds is 8.